The Morgan fingerprint density at radius 3 is 2.28 bits per heavy atom. The van der Waals surface area contributed by atoms with Gasteiger partial charge in [0.2, 0.25) is 11.8 Å². The van der Waals surface area contributed by atoms with E-state index in [-0.39, 0.29) is 35.8 Å². The predicted molar refractivity (Wildman–Crippen MR) is 218 cm³/mol. The maximum atomic E-state index is 13.8. The van der Waals surface area contributed by atoms with Crippen LogP contribution in [-0.2, 0) is 22.3 Å². The first kappa shape index (κ1) is 41.9. The summed E-state index contributed by atoms with van der Waals surface area (Å²) in [5.74, 6) is -1.11. The number of unbranched alkanes of at least 4 members (excludes halogenated alkanes) is 1. The Labute approximate surface area is 350 Å². The van der Waals surface area contributed by atoms with Crippen molar-refractivity contribution in [3.05, 3.63) is 93.4 Å². The van der Waals surface area contributed by atoms with Crippen LogP contribution in [0.4, 0.5) is 13.2 Å². The number of nitriles is 1. The van der Waals surface area contributed by atoms with Gasteiger partial charge in [-0.15, -0.1) is 0 Å². The minimum absolute atomic E-state index is 0.0322. The third-order valence-corrected chi connectivity index (χ3v) is 12.7. The summed E-state index contributed by atoms with van der Waals surface area (Å²) in [6, 6.07) is 16.6. The number of alkyl halides is 3. The summed E-state index contributed by atoms with van der Waals surface area (Å²) < 4.78 is 50.5. The summed E-state index contributed by atoms with van der Waals surface area (Å²) in [4.78, 5) is 70.1. The average molecular weight is 840 g/mol. The van der Waals surface area contributed by atoms with Crippen LogP contribution >= 0.6 is 0 Å². The van der Waals surface area contributed by atoms with Crippen molar-refractivity contribution in [2.24, 2.45) is 5.92 Å². The number of rotatable bonds is 13. The van der Waals surface area contributed by atoms with Gasteiger partial charge in [0, 0.05) is 44.4 Å². The van der Waals surface area contributed by atoms with Gasteiger partial charge in [-0.3, -0.25) is 43.4 Å². The lowest BCUT2D eigenvalue weighted by Crippen LogP contribution is -2.54. The quantitative estimate of drug-likeness (QED) is 0.128. The molecule has 13 nitrogen and oxygen atoms in total. The van der Waals surface area contributed by atoms with Crippen molar-refractivity contribution in [3.8, 4) is 17.5 Å². The van der Waals surface area contributed by atoms with Gasteiger partial charge in [-0.05, 0) is 120 Å². The molecule has 0 radical (unpaired) electrons. The molecule has 1 unspecified atom stereocenters. The number of benzene rings is 3. The third-order valence-electron chi connectivity index (χ3n) is 12.7. The molecule has 3 fully saturated rings. The molecule has 1 saturated carbocycles. The fourth-order valence-corrected chi connectivity index (χ4v) is 9.38. The Morgan fingerprint density at radius 2 is 1.59 bits per heavy atom. The van der Waals surface area contributed by atoms with Gasteiger partial charge >= 0.3 is 11.9 Å². The van der Waals surface area contributed by atoms with Crippen molar-refractivity contribution in [1.82, 2.24) is 29.2 Å². The number of amides is 4. The molecule has 4 heterocycles. The normalized spacial score (nSPS) is 21.3. The van der Waals surface area contributed by atoms with Crippen LogP contribution in [0.25, 0.3) is 16.7 Å². The molecule has 1 N–H and O–H groups in total. The highest BCUT2D eigenvalue weighted by molar-refractivity contribution is 6.23. The molecule has 1 aliphatic carbocycles. The number of hydrogen-bond acceptors (Lipinski definition) is 9. The second-order valence-corrected chi connectivity index (χ2v) is 16.9. The van der Waals surface area contributed by atoms with Crippen LogP contribution in [-0.4, -0.2) is 97.9 Å². The molecule has 0 bridgehead atoms. The first-order valence-corrected chi connectivity index (χ1v) is 21.0. The summed E-state index contributed by atoms with van der Waals surface area (Å²) >= 11 is 0. The highest BCUT2D eigenvalue weighted by atomic mass is 19.4. The number of para-hydroxylation sites is 2. The number of ether oxygens (including phenoxy) is 1. The number of carbonyl (C=O) groups is 4. The van der Waals surface area contributed by atoms with E-state index in [0.717, 1.165) is 81.7 Å². The first-order valence-electron chi connectivity index (χ1n) is 21.0. The van der Waals surface area contributed by atoms with Crippen molar-refractivity contribution in [3.63, 3.8) is 0 Å². The highest BCUT2D eigenvalue weighted by Gasteiger charge is 2.45. The molecule has 1 aromatic heterocycles. The van der Waals surface area contributed by atoms with E-state index in [1.807, 2.05) is 0 Å². The summed E-state index contributed by atoms with van der Waals surface area (Å²) in [6.07, 6.45) is 0.805. The number of nitrogens with one attached hydrogen (secondary N) is 1. The summed E-state index contributed by atoms with van der Waals surface area (Å²) in [6.45, 7) is 8.69. The van der Waals surface area contributed by atoms with Crippen LogP contribution in [0.5, 0.6) is 5.75 Å². The van der Waals surface area contributed by atoms with Crippen molar-refractivity contribution in [2.45, 2.75) is 102 Å². The van der Waals surface area contributed by atoms with E-state index in [1.54, 1.807) is 53.1 Å². The van der Waals surface area contributed by atoms with Crippen LogP contribution in [0, 0.1) is 17.2 Å². The molecule has 2 saturated heterocycles. The number of nitrogens with zero attached hydrogens (tertiary/aromatic N) is 6. The van der Waals surface area contributed by atoms with Crippen molar-refractivity contribution >= 4 is 34.7 Å². The molecule has 3 aromatic carbocycles. The molecule has 4 aliphatic rings. The zero-order valence-corrected chi connectivity index (χ0v) is 34.1. The fourth-order valence-electron chi connectivity index (χ4n) is 9.38. The number of halogens is 3. The van der Waals surface area contributed by atoms with E-state index < -0.39 is 52.7 Å². The molecule has 3 aliphatic heterocycles. The van der Waals surface area contributed by atoms with E-state index >= 15 is 0 Å². The van der Waals surface area contributed by atoms with E-state index in [2.05, 4.69) is 29.0 Å². The monoisotopic (exact) mass is 839 g/mol. The lowest BCUT2D eigenvalue weighted by Gasteiger charge is -2.46. The van der Waals surface area contributed by atoms with Gasteiger partial charge in [-0.2, -0.15) is 18.4 Å². The Bertz CT molecular complexity index is 2470. The maximum absolute atomic E-state index is 13.8. The van der Waals surface area contributed by atoms with Gasteiger partial charge in [0.25, 0.3) is 11.8 Å². The standard InChI is InChI=1S/C45H48F3N7O6/c1-27(2)53(31-21-33(22-31)61-32-11-12-34-35(24-32)43(59)55(42(34)58)39-13-14-40(56)50-41(39)57)26-28-15-19-51(20-16-28)17-5-6-18-52-37-7-3-4-8-38(37)54(44(52)60)30-10-9-29(25-49)36(23-30)45(46,47)48/h3-4,7-12,23-24,27-28,31,33,39H,5-6,13-22,26H2,1-2H3,(H,50,56,57)/t31-,33-,39?. The lowest BCUT2D eigenvalue weighted by atomic mass is 9.85. The Morgan fingerprint density at radius 1 is 0.885 bits per heavy atom. The van der Waals surface area contributed by atoms with Gasteiger partial charge in [-0.25, -0.2) is 4.79 Å². The minimum atomic E-state index is -4.74. The van der Waals surface area contributed by atoms with Gasteiger partial charge in [0.15, 0.2) is 0 Å². The topological polar surface area (TPSA) is 150 Å². The van der Waals surface area contributed by atoms with Crippen LogP contribution < -0.4 is 15.7 Å². The van der Waals surface area contributed by atoms with E-state index in [4.69, 9.17) is 4.74 Å². The molecule has 4 amide bonds. The molecule has 0 spiro atoms. The average Bonchev–Trinajstić information content (AvgIpc) is 3.64. The van der Waals surface area contributed by atoms with Gasteiger partial charge < -0.3 is 9.64 Å². The summed E-state index contributed by atoms with van der Waals surface area (Å²) in [5, 5.41) is 11.5. The SMILES string of the molecule is CC(C)N(CC1CCN(CCCCn2c(=O)n(-c3ccc(C#N)c(C(F)(F)F)c3)c3ccccc32)CC1)[C@H]1C[C@H](Oc2ccc3c(c2)C(=O)N(C2CCC(=O)NC2=O)C3=O)C1. The Hall–Kier alpha value is -5.79. The van der Waals surface area contributed by atoms with Crippen LogP contribution in [0.1, 0.15) is 97.1 Å². The number of imidazole rings is 1. The van der Waals surface area contributed by atoms with Gasteiger partial charge in [-0.1, -0.05) is 12.1 Å². The zero-order chi connectivity index (χ0) is 43.2. The molecule has 16 heteroatoms. The molecule has 61 heavy (non-hydrogen) atoms. The predicted octanol–water partition coefficient (Wildman–Crippen LogP) is 5.90. The second-order valence-electron chi connectivity index (χ2n) is 16.9. The van der Waals surface area contributed by atoms with Crippen LogP contribution in [0.15, 0.2) is 65.5 Å². The highest BCUT2D eigenvalue weighted by Crippen LogP contribution is 2.36. The third kappa shape index (κ3) is 8.33. The number of carbonyl (C=O) groups excluding carboxylic acids is 4. The van der Waals surface area contributed by atoms with Crippen LogP contribution in [0.3, 0.4) is 0 Å². The number of hydrogen-bond donors (Lipinski definition) is 1. The van der Waals surface area contributed by atoms with E-state index in [9.17, 15) is 42.4 Å². The largest absolute Gasteiger partial charge is 0.490 e. The van der Waals surface area contributed by atoms with E-state index in [0.29, 0.717) is 41.3 Å². The van der Waals surface area contributed by atoms with Crippen molar-refractivity contribution in [2.75, 3.05) is 26.2 Å². The summed E-state index contributed by atoms with van der Waals surface area (Å²) in [7, 11) is 0. The number of fused-ring (bicyclic) bond motifs is 2. The fraction of sp³-hybridized carbons (Fsp3) is 0.467. The van der Waals surface area contributed by atoms with E-state index in [1.165, 1.54) is 10.6 Å². The minimum Gasteiger partial charge on any atom is -0.490 e. The molecule has 1 atom stereocenters. The van der Waals surface area contributed by atoms with Crippen LogP contribution in [0.2, 0.25) is 0 Å². The van der Waals surface area contributed by atoms with Gasteiger partial charge in [0.1, 0.15) is 17.9 Å². The zero-order valence-electron chi connectivity index (χ0n) is 34.1. The molecular formula is C45H48F3N7O6. The smallest absolute Gasteiger partial charge is 0.417 e. The number of piperidine rings is 2. The molecular weight excluding hydrogens is 792 g/mol. The molecule has 4 aromatic rings. The van der Waals surface area contributed by atoms with Crippen molar-refractivity contribution < 1.29 is 37.1 Å². The summed E-state index contributed by atoms with van der Waals surface area (Å²) in [5.41, 5.74) is -0.356. The Kier molecular flexibility index (Phi) is 11.6. The maximum Gasteiger partial charge on any atom is 0.417 e. The lowest BCUT2D eigenvalue weighted by molar-refractivity contribution is -0.138. The number of aryl methyl sites for hydroxylation is 1. The first-order chi connectivity index (χ1) is 29.2. The second kappa shape index (κ2) is 16.9. The van der Waals surface area contributed by atoms with Gasteiger partial charge in [0.05, 0.1) is 45.0 Å². The number of likely N-dealkylation sites (tertiary alicyclic amines) is 1. The molecule has 8 rings (SSSR count). The molecule has 320 valence electrons. The number of imide groups is 2. The number of aromatic nitrogens is 2. The van der Waals surface area contributed by atoms with Crippen molar-refractivity contribution in [1.29, 1.82) is 5.26 Å². The Balaban J connectivity index is 0.801.